The smallest absolute Gasteiger partial charge is 0.434 e. The Morgan fingerprint density at radius 1 is 0.913 bits per heavy atom. The number of anilines is 1. The maximum atomic E-state index is 14.2. The van der Waals surface area contributed by atoms with E-state index in [9.17, 15) is 27.9 Å². The van der Waals surface area contributed by atoms with Gasteiger partial charge in [0.2, 0.25) is 17.9 Å². The molecular weight excluding hydrogens is 605 g/mol. The van der Waals surface area contributed by atoms with Crippen LogP contribution in [0.25, 0.3) is 22.4 Å². The van der Waals surface area contributed by atoms with E-state index in [-0.39, 0.29) is 23.6 Å². The Bertz CT molecular complexity index is 1730. The number of aliphatic imine (C=N–C) groups is 1. The molecule has 3 aromatic carbocycles. The zero-order chi connectivity index (χ0) is 33.6. The molecule has 13 heteroatoms. The zero-order valence-corrected chi connectivity index (χ0v) is 25.3. The molecular formula is C33H31F3N4O6. The van der Waals surface area contributed by atoms with Gasteiger partial charge in [-0.15, -0.1) is 0 Å². The SMILES string of the molecule is COc1cccc(-c2ccc([C@@H](Oc3cc(-c4ccc(C/C(=N/C(=O)OC(C)(C)C)C(=O)O)cc4)nc(N)n3)C(F)(F)F)cc2)c1. The van der Waals surface area contributed by atoms with Crippen molar-refractivity contribution in [2.24, 2.45) is 4.99 Å². The van der Waals surface area contributed by atoms with Gasteiger partial charge < -0.3 is 25.1 Å². The number of methoxy groups -OCH3 is 1. The highest BCUT2D eigenvalue weighted by Crippen LogP contribution is 2.38. The molecule has 1 aromatic heterocycles. The number of aliphatic carboxylic acids is 1. The van der Waals surface area contributed by atoms with Crippen LogP contribution in [0.2, 0.25) is 0 Å². The molecule has 0 spiro atoms. The molecule has 0 aliphatic heterocycles. The first-order chi connectivity index (χ1) is 21.6. The molecule has 3 N–H and O–H groups in total. The van der Waals surface area contributed by atoms with Gasteiger partial charge in [-0.2, -0.15) is 23.1 Å². The number of halogens is 3. The molecule has 0 radical (unpaired) electrons. The molecule has 4 aromatic rings. The molecule has 0 aliphatic rings. The lowest BCUT2D eigenvalue weighted by molar-refractivity contribution is -0.198. The third-order valence-corrected chi connectivity index (χ3v) is 6.36. The van der Waals surface area contributed by atoms with Crippen LogP contribution in [-0.2, 0) is 16.0 Å². The highest BCUT2D eigenvalue weighted by molar-refractivity contribution is 6.37. The number of amides is 1. The first-order valence-electron chi connectivity index (χ1n) is 13.9. The van der Waals surface area contributed by atoms with Crippen LogP contribution in [0.5, 0.6) is 11.6 Å². The quantitative estimate of drug-likeness (QED) is 0.184. The molecule has 0 fully saturated rings. The van der Waals surface area contributed by atoms with Gasteiger partial charge in [0.25, 0.3) is 0 Å². The van der Waals surface area contributed by atoms with Crippen LogP contribution in [0.3, 0.4) is 0 Å². The second-order valence-electron chi connectivity index (χ2n) is 11.1. The second kappa shape index (κ2) is 13.7. The van der Waals surface area contributed by atoms with Crippen molar-refractivity contribution in [3.8, 4) is 34.0 Å². The summed E-state index contributed by atoms with van der Waals surface area (Å²) in [7, 11) is 1.53. The van der Waals surface area contributed by atoms with E-state index in [0.29, 0.717) is 22.4 Å². The average molecular weight is 637 g/mol. The number of ether oxygens (including phenoxy) is 3. The number of nitrogen functional groups attached to an aromatic ring is 1. The highest BCUT2D eigenvalue weighted by atomic mass is 19.4. The normalized spacial score (nSPS) is 12.7. The van der Waals surface area contributed by atoms with Crippen LogP contribution >= 0.6 is 0 Å². The molecule has 0 aliphatic carbocycles. The van der Waals surface area contributed by atoms with Crippen LogP contribution in [0, 0.1) is 0 Å². The lowest BCUT2D eigenvalue weighted by Gasteiger charge is -2.22. The van der Waals surface area contributed by atoms with Gasteiger partial charge in [0.15, 0.2) is 0 Å². The Hall–Kier alpha value is -5.46. The fourth-order valence-corrected chi connectivity index (χ4v) is 4.29. The van der Waals surface area contributed by atoms with Crippen molar-refractivity contribution < 1.29 is 42.1 Å². The standard InChI is InChI=1S/C33H31F3N4O6/c1-32(2,3)46-31(43)39-26(29(41)42)16-19-8-10-21(11-9-19)25-18-27(40-30(37)38-25)45-28(33(34,35)36)22-14-12-20(13-15-22)23-6-5-7-24(17-23)44-4/h5-15,17-18,28H,16H2,1-4H3,(H,41,42)(H2,37,38,40)/b39-26-/t28-/m1/s1. The number of carbonyl (C=O) groups excluding carboxylic acids is 1. The van der Waals surface area contributed by atoms with E-state index in [1.165, 1.54) is 25.3 Å². The monoisotopic (exact) mass is 636 g/mol. The minimum Gasteiger partial charge on any atom is -0.497 e. The number of carboxylic acid groups (broad SMARTS) is 1. The number of alkyl halides is 3. The Morgan fingerprint density at radius 3 is 2.15 bits per heavy atom. The van der Waals surface area contributed by atoms with Crippen LogP contribution in [0.1, 0.15) is 38.0 Å². The van der Waals surface area contributed by atoms with Crippen molar-refractivity contribution in [2.45, 2.75) is 45.1 Å². The molecule has 240 valence electrons. The van der Waals surface area contributed by atoms with Gasteiger partial charge in [0, 0.05) is 23.6 Å². The Kier molecular flexibility index (Phi) is 9.94. The summed E-state index contributed by atoms with van der Waals surface area (Å²) in [6, 6.07) is 20.4. The van der Waals surface area contributed by atoms with Crippen molar-refractivity contribution >= 4 is 23.7 Å². The highest BCUT2D eigenvalue weighted by Gasteiger charge is 2.43. The topological polar surface area (TPSA) is 146 Å². The number of benzene rings is 3. The van der Waals surface area contributed by atoms with E-state index >= 15 is 0 Å². The molecule has 0 unspecified atom stereocenters. The summed E-state index contributed by atoms with van der Waals surface area (Å²) in [5.41, 5.74) is 6.95. The summed E-state index contributed by atoms with van der Waals surface area (Å²) in [5.74, 6) is -1.50. The van der Waals surface area contributed by atoms with Crippen LogP contribution in [0.4, 0.5) is 23.9 Å². The fraction of sp³-hybridized carbons (Fsp3) is 0.242. The van der Waals surface area contributed by atoms with E-state index in [2.05, 4.69) is 15.0 Å². The molecule has 1 atom stereocenters. The predicted molar refractivity (Wildman–Crippen MR) is 165 cm³/mol. The molecule has 0 bridgehead atoms. The minimum atomic E-state index is -4.79. The van der Waals surface area contributed by atoms with Crippen molar-refractivity contribution in [2.75, 3.05) is 12.8 Å². The van der Waals surface area contributed by atoms with Gasteiger partial charge in [-0.3, -0.25) is 0 Å². The van der Waals surface area contributed by atoms with E-state index in [1.54, 1.807) is 75.4 Å². The molecule has 1 amide bonds. The van der Waals surface area contributed by atoms with Crippen molar-refractivity contribution in [3.63, 3.8) is 0 Å². The van der Waals surface area contributed by atoms with Gasteiger partial charge in [-0.25, -0.2) is 14.6 Å². The molecule has 0 saturated heterocycles. The van der Waals surface area contributed by atoms with E-state index in [1.807, 2.05) is 6.07 Å². The Morgan fingerprint density at radius 2 is 1.57 bits per heavy atom. The summed E-state index contributed by atoms with van der Waals surface area (Å²) in [6.07, 6.45) is -8.37. The molecule has 0 saturated carbocycles. The molecule has 46 heavy (non-hydrogen) atoms. The van der Waals surface area contributed by atoms with Crippen molar-refractivity contribution in [3.05, 3.63) is 90.0 Å². The lowest BCUT2D eigenvalue weighted by atomic mass is 10.0. The van der Waals surface area contributed by atoms with Crippen LogP contribution < -0.4 is 15.2 Å². The number of hydrogen-bond donors (Lipinski definition) is 2. The number of rotatable bonds is 9. The number of nitrogens with zero attached hydrogens (tertiary/aromatic N) is 3. The summed E-state index contributed by atoms with van der Waals surface area (Å²) >= 11 is 0. The van der Waals surface area contributed by atoms with Crippen molar-refractivity contribution in [1.29, 1.82) is 0 Å². The summed E-state index contributed by atoms with van der Waals surface area (Å²) in [6.45, 7) is 4.88. The molecule has 4 rings (SSSR count). The van der Waals surface area contributed by atoms with Gasteiger partial charge in [0.05, 0.1) is 12.8 Å². The number of nitrogens with two attached hydrogens (primary N) is 1. The number of hydrogen-bond acceptors (Lipinski definition) is 8. The minimum absolute atomic E-state index is 0.149. The van der Waals surface area contributed by atoms with Gasteiger partial charge in [0.1, 0.15) is 17.1 Å². The average Bonchev–Trinajstić information content (AvgIpc) is 2.98. The Labute approximate surface area is 262 Å². The number of aromatic nitrogens is 2. The summed E-state index contributed by atoms with van der Waals surface area (Å²) in [5, 5.41) is 9.50. The largest absolute Gasteiger partial charge is 0.497 e. The Balaban J connectivity index is 1.55. The maximum Gasteiger partial charge on any atom is 0.434 e. The maximum absolute atomic E-state index is 14.2. The zero-order valence-electron chi connectivity index (χ0n) is 25.3. The van der Waals surface area contributed by atoms with Crippen molar-refractivity contribution in [1.82, 2.24) is 9.97 Å². The second-order valence-corrected chi connectivity index (χ2v) is 11.1. The molecule has 10 nitrogen and oxygen atoms in total. The van der Waals surface area contributed by atoms with E-state index < -0.39 is 41.5 Å². The fourth-order valence-electron chi connectivity index (χ4n) is 4.29. The predicted octanol–water partition coefficient (Wildman–Crippen LogP) is 7.09. The van der Waals surface area contributed by atoms with Gasteiger partial charge in [-0.05, 0) is 49.6 Å². The van der Waals surface area contributed by atoms with Crippen LogP contribution in [-0.4, -0.2) is 51.7 Å². The first-order valence-corrected chi connectivity index (χ1v) is 13.9. The first kappa shape index (κ1) is 33.4. The third-order valence-electron chi connectivity index (χ3n) is 6.36. The summed E-state index contributed by atoms with van der Waals surface area (Å²) in [4.78, 5) is 35.2. The third kappa shape index (κ3) is 9.03. The van der Waals surface area contributed by atoms with Crippen LogP contribution in [0.15, 0.2) is 83.9 Å². The number of carboxylic acids is 1. The molecule has 1 heterocycles. The lowest BCUT2D eigenvalue weighted by Crippen LogP contribution is -2.26. The van der Waals surface area contributed by atoms with Gasteiger partial charge >= 0.3 is 18.2 Å². The number of carbonyl (C=O) groups is 2. The van der Waals surface area contributed by atoms with Gasteiger partial charge in [-0.1, -0.05) is 60.7 Å². The summed E-state index contributed by atoms with van der Waals surface area (Å²) < 4.78 is 58.3. The van der Waals surface area contributed by atoms with E-state index in [4.69, 9.17) is 19.9 Å². The van der Waals surface area contributed by atoms with E-state index in [0.717, 1.165) is 5.56 Å².